The maximum absolute atomic E-state index is 12.7. The summed E-state index contributed by atoms with van der Waals surface area (Å²) in [5.41, 5.74) is 0.0579. The molecule has 0 bridgehead atoms. The Bertz CT molecular complexity index is 1070. The number of pyridine rings is 1. The van der Waals surface area contributed by atoms with E-state index in [1.807, 2.05) is 0 Å². The lowest BCUT2D eigenvalue weighted by atomic mass is 10.1. The van der Waals surface area contributed by atoms with Crippen molar-refractivity contribution in [2.45, 2.75) is 12.7 Å². The van der Waals surface area contributed by atoms with Gasteiger partial charge in [-0.3, -0.25) is 9.59 Å². The Morgan fingerprint density at radius 2 is 1.72 bits per heavy atom. The zero-order valence-electron chi connectivity index (χ0n) is 15.4. The Morgan fingerprint density at radius 1 is 1.03 bits per heavy atom. The van der Waals surface area contributed by atoms with E-state index >= 15 is 0 Å². The number of ether oxygens (including phenoxy) is 1. The van der Waals surface area contributed by atoms with Crippen molar-refractivity contribution in [3.8, 4) is 5.75 Å². The lowest BCUT2D eigenvalue weighted by Gasteiger charge is -2.12. The van der Waals surface area contributed by atoms with E-state index in [2.05, 4.69) is 5.32 Å². The molecular formula is C21H17F3N2O3. The number of halogens is 3. The zero-order valence-corrected chi connectivity index (χ0v) is 15.4. The molecule has 5 nitrogen and oxygen atoms in total. The van der Waals surface area contributed by atoms with Gasteiger partial charge in [-0.05, 0) is 35.9 Å². The molecule has 0 radical (unpaired) electrons. The van der Waals surface area contributed by atoms with Crippen molar-refractivity contribution in [1.82, 2.24) is 4.57 Å². The Labute approximate surface area is 164 Å². The topological polar surface area (TPSA) is 60.3 Å². The summed E-state index contributed by atoms with van der Waals surface area (Å²) in [4.78, 5) is 24.7. The third kappa shape index (κ3) is 4.84. The molecule has 1 N–H and O–H groups in total. The quantitative estimate of drug-likeness (QED) is 0.697. The number of carbonyl (C=O) groups excluding carboxylic acids is 1. The van der Waals surface area contributed by atoms with Crippen molar-refractivity contribution in [3.05, 3.63) is 93.9 Å². The van der Waals surface area contributed by atoms with Crippen LogP contribution in [0.15, 0.2) is 71.7 Å². The largest absolute Gasteiger partial charge is 0.495 e. The van der Waals surface area contributed by atoms with Crippen molar-refractivity contribution in [2.75, 3.05) is 12.4 Å². The molecule has 0 unspecified atom stereocenters. The van der Waals surface area contributed by atoms with Gasteiger partial charge in [-0.1, -0.05) is 24.3 Å². The number of nitrogens with one attached hydrogen (secondary N) is 1. The number of alkyl halides is 3. The van der Waals surface area contributed by atoms with Gasteiger partial charge in [0.05, 0.1) is 30.5 Å². The first-order valence-electron chi connectivity index (χ1n) is 8.59. The number of para-hydroxylation sites is 2. The molecule has 1 aromatic heterocycles. The number of hydrogen-bond acceptors (Lipinski definition) is 3. The van der Waals surface area contributed by atoms with Gasteiger partial charge in [0, 0.05) is 12.3 Å². The summed E-state index contributed by atoms with van der Waals surface area (Å²) in [7, 11) is 1.48. The second-order valence-corrected chi connectivity index (χ2v) is 6.23. The lowest BCUT2D eigenvalue weighted by molar-refractivity contribution is -0.137. The summed E-state index contributed by atoms with van der Waals surface area (Å²) in [6.07, 6.45) is -3.06. The van der Waals surface area contributed by atoms with Crippen molar-refractivity contribution in [2.24, 2.45) is 0 Å². The van der Waals surface area contributed by atoms with Gasteiger partial charge < -0.3 is 14.6 Å². The monoisotopic (exact) mass is 402 g/mol. The van der Waals surface area contributed by atoms with E-state index in [1.165, 1.54) is 42.1 Å². The first-order chi connectivity index (χ1) is 13.8. The van der Waals surface area contributed by atoms with Gasteiger partial charge in [0.15, 0.2) is 0 Å². The molecule has 1 heterocycles. The number of carbonyl (C=O) groups is 1. The maximum Gasteiger partial charge on any atom is 0.416 e. The van der Waals surface area contributed by atoms with Gasteiger partial charge in [0.1, 0.15) is 5.75 Å². The highest BCUT2D eigenvalue weighted by Gasteiger charge is 2.29. The van der Waals surface area contributed by atoms with Gasteiger partial charge in [-0.25, -0.2) is 0 Å². The highest BCUT2D eigenvalue weighted by Crippen LogP contribution is 2.29. The third-order valence-corrected chi connectivity index (χ3v) is 4.24. The van der Waals surface area contributed by atoms with E-state index in [0.717, 1.165) is 12.1 Å². The highest BCUT2D eigenvalue weighted by atomic mass is 19.4. The molecule has 150 valence electrons. The highest BCUT2D eigenvalue weighted by molar-refractivity contribution is 6.04. The number of aromatic nitrogens is 1. The van der Waals surface area contributed by atoms with Gasteiger partial charge in [0.2, 0.25) is 0 Å². The molecule has 0 aliphatic heterocycles. The summed E-state index contributed by atoms with van der Waals surface area (Å²) >= 11 is 0. The minimum absolute atomic E-state index is 0.0345. The van der Waals surface area contributed by atoms with Crippen LogP contribution in [0.25, 0.3) is 0 Å². The molecular weight excluding hydrogens is 385 g/mol. The minimum atomic E-state index is -4.42. The standard InChI is InChI=1S/C21H17F3N2O3/c1-29-18-5-3-2-4-17(18)25-20(28)15-8-11-19(27)26(13-15)12-14-6-9-16(10-7-14)21(22,23)24/h2-11,13H,12H2,1H3,(H,25,28). The molecule has 1 amide bonds. The fourth-order valence-corrected chi connectivity index (χ4v) is 2.73. The van der Waals surface area contributed by atoms with Crippen molar-refractivity contribution in [3.63, 3.8) is 0 Å². The fraction of sp³-hybridized carbons (Fsp3) is 0.143. The van der Waals surface area contributed by atoms with Gasteiger partial charge in [-0.15, -0.1) is 0 Å². The predicted molar refractivity (Wildman–Crippen MR) is 102 cm³/mol. The van der Waals surface area contributed by atoms with Crippen LogP contribution in [0.3, 0.4) is 0 Å². The molecule has 8 heteroatoms. The summed E-state index contributed by atoms with van der Waals surface area (Å²) in [5, 5.41) is 2.71. The molecule has 2 aromatic carbocycles. The molecule has 3 rings (SSSR count). The molecule has 0 atom stereocenters. The normalized spacial score (nSPS) is 11.2. The van der Waals surface area contributed by atoms with Crippen molar-refractivity contribution in [1.29, 1.82) is 0 Å². The molecule has 3 aromatic rings. The van der Waals surface area contributed by atoms with Crippen LogP contribution >= 0.6 is 0 Å². The molecule has 0 fully saturated rings. The smallest absolute Gasteiger partial charge is 0.416 e. The van der Waals surface area contributed by atoms with Crippen LogP contribution < -0.4 is 15.6 Å². The predicted octanol–water partition coefficient (Wildman–Crippen LogP) is 4.18. The fourth-order valence-electron chi connectivity index (χ4n) is 2.73. The first kappa shape index (κ1) is 20.2. The van der Waals surface area contributed by atoms with E-state index in [0.29, 0.717) is 17.0 Å². The first-order valence-corrected chi connectivity index (χ1v) is 8.59. The number of anilines is 1. The van der Waals surface area contributed by atoms with Crippen LogP contribution in [-0.4, -0.2) is 17.6 Å². The molecule has 0 aliphatic carbocycles. The average molecular weight is 402 g/mol. The van der Waals surface area contributed by atoms with Crippen LogP contribution in [-0.2, 0) is 12.7 Å². The van der Waals surface area contributed by atoms with Crippen LogP contribution in [0.1, 0.15) is 21.5 Å². The van der Waals surface area contributed by atoms with E-state index in [-0.39, 0.29) is 17.7 Å². The Hall–Kier alpha value is -3.55. The Morgan fingerprint density at radius 3 is 2.38 bits per heavy atom. The number of methoxy groups -OCH3 is 1. The zero-order chi connectivity index (χ0) is 21.0. The minimum Gasteiger partial charge on any atom is -0.495 e. The van der Waals surface area contributed by atoms with E-state index < -0.39 is 17.6 Å². The van der Waals surface area contributed by atoms with E-state index in [1.54, 1.807) is 24.3 Å². The summed E-state index contributed by atoms with van der Waals surface area (Å²) in [5.74, 6) is 0.0367. The average Bonchev–Trinajstić information content (AvgIpc) is 2.69. The number of hydrogen-bond donors (Lipinski definition) is 1. The molecule has 29 heavy (non-hydrogen) atoms. The summed E-state index contributed by atoms with van der Waals surface area (Å²) in [6, 6.07) is 14.0. The Balaban J connectivity index is 1.81. The number of benzene rings is 2. The van der Waals surface area contributed by atoms with Crippen LogP contribution in [0.2, 0.25) is 0 Å². The van der Waals surface area contributed by atoms with Crippen LogP contribution in [0.5, 0.6) is 5.75 Å². The number of amides is 1. The van der Waals surface area contributed by atoms with Crippen LogP contribution in [0, 0.1) is 0 Å². The molecule has 0 spiro atoms. The maximum atomic E-state index is 12.7. The van der Waals surface area contributed by atoms with Gasteiger partial charge >= 0.3 is 6.18 Å². The summed E-state index contributed by atoms with van der Waals surface area (Å²) < 4.78 is 44.5. The lowest BCUT2D eigenvalue weighted by Crippen LogP contribution is -2.22. The van der Waals surface area contributed by atoms with Gasteiger partial charge in [-0.2, -0.15) is 13.2 Å². The third-order valence-electron chi connectivity index (χ3n) is 4.24. The Kier molecular flexibility index (Phi) is 5.72. The number of rotatable bonds is 5. The number of nitrogens with zero attached hydrogens (tertiary/aromatic N) is 1. The molecule has 0 aliphatic rings. The second kappa shape index (κ2) is 8.22. The SMILES string of the molecule is COc1ccccc1NC(=O)c1ccc(=O)n(Cc2ccc(C(F)(F)F)cc2)c1. The van der Waals surface area contributed by atoms with Crippen molar-refractivity contribution < 1.29 is 22.7 Å². The van der Waals surface area contributed by atoms with Crippen LogP contribution in [0.4, 0.5) is 18.9 Å². The van der Waals surface area contributed by atoms with Gasteiger partial charge in [0.25, 0.3) is 11.5 Å². The van der Waals surface area contributed by atoms with E-state index in [9.17, 15) is 22.8 Å². The molecule has 0 saturated carbocycles. The van der Waals surface area contributed by atoms with E-state index in [4.69, 9.17) is 4.74 Å². The molecule has 0 saturated heterocycles. The summed E-state index contributed by atoms with van der Waals surface area (Å²) in [6.45, 7) is 0.0345. The van der Waals surface area contributed by atoms with Crippen molar-refractivity contribution >= 4 is 11.6 Å². The second-order valence-electron chi connectivity index (χ2n) is 6.23.